The van der Waals surface area contributed by atoms with Gasteiger partial charge in [-0.1, -0.05) is 13.8 Å². The fourth-order valence-electron chi connectivity index (χ4n) is 3.41. The van der Waals surface area contributed by atoms with Crippen molar-refractivity contribution in [2.75, 3.05) is 25.6 Å². The van der Waals surface area contributed by atoms with Crippen LogP contribution in [-0.2, 0) is 4.74 Å². The highest BCUT2D eigenvalue weighted by Crippen LogP contribution is 2.31. The van der Waals surface area contributed by atoms with Crippen molar-refractivity contribution in [2.45, 2.75) is 46.2 Å². The van der Waals surface area contributed by atoms with Gasteiger partial charge in [0.2, 0.25) is 5.95 Å². The fraction of sp³-hybridized carbons (Fsp3) is 0.455. The lowest BCUT2D eigenvalue weighted by atomic mass is 10.0. The normalized spacial score (nSPS) is 16.3. The summed E-state index contributed by atoms with van der Waals surface area (Å²) in [5.41, 5.74) is 1.79. The van der Waals surface area contributed by atoms with Crippen molar-refractivity contribution < 1.29 is 13.9 Å². The first-order valence-electron chi connectivity index (χ1n) is 10.4. The first-order chi connectivity index (χ1) is 15.0. The van der Waals surface area contributed by atoms with Gasteiger partial charge >= 0.3 is 0 Å². The molecular weight excluding hydrogens is 417 g/mol. The predicted octanol–water partition coefficient (Wildman–Crippen LogP) is 4.59. The number of carbonyl (C=O) groups excluding carboxylic acids is 1. The van der Waals surface area contributed by atoms with Crippen molar-refractivity contribution in [3.05, 3.63) is 46.5 Å². The highest BCUT2D eigenvalue weighted by molar-refractivity contribution is 7.19. The number of amides is 1. The van der Waals surface area contributed by atoms with E-state index in [2.05, 4.69) is 20.3 Å². The maximum atomic E-state index is 13.5. The number of methoxy groups -OCH3 is 1. The Labute approximate surface area is 185 Å². The molecule has 0 aromatic carbocycles. The van der Waals surface area contributed by atoms with Gasteiger partial charge in [0.1, 0.15) is 5.82 Å². The monoisotopic (exact) mass is 445 g/mol. The Hall–Kier alpha value is -2.65. The van der Waals surface area contributed by atoms with Crippen LogP contribution in [0, 0.1) is 12.7 Å². The summed E-state index contributed by atoms with van der Waals surface area (Å²) >= 11 is 1.51. The highest BCUT2D eigenvalue weighted by atomic mass is 32.1. The van der Waals surface area contributed by atoms with Crippen molar-refractivity contribution in [1.82, 2.24) is 19.9 Å². The first kappa shape index (κ1) is 23.0. The van der Waals surface area contributed by atoms with Gasteiger partial charge in [0.25, 0.3) is 5.91 Å². The van der Waals surface area contributed by atoms with Gasteiger partial charge in [0.05, 0.1) is 35.1 Å². The standard InChI is InChI=1S/C20H22FN5O2S.C2H6/c1-11-6-16-18(29-11)17(19(27)26-5-4-15(26)10-28-3)25-20(24-16)23-12(2)13-7-14(21)9-22-8-13;1-2/h6-9,12,15H,4-5,10H2,1-3H3,(H,23,24,25);1-2H3/t12-,15-;/m0./s1. The van der Waals surface area contributed by atoms with Gasteiger partial charge in [-0.05, 0) is 38.0 Å². The molecule has 0 radical (unpaired) electrons. The smallest absolute Gasteiger partial charge is 0.274 e. The van der Waals surface area contributed by atoms with Gasteiger partial charge in [0, 0.05) is 24.7 Å². The second kappa shape index (κ2) is 10.1. The van der Waals surface area contributed by atoms with Gasteiger partial charge in [-0.2, -0.15) is 0 Å². The first-order valence-corrected chi connectivity index (χ1v) is 11.2. The van der Waals surface area contributed by atoms with Crippen LogP contribution in [0.15, 0.2) is 24.5 Å². The predicted molar refractivity (Wildman–Crippen MR) is 121 cm³/mol. The molecule has 9 heteroatoms. The number of nitrogens with one attached hydrogen (secondary N) is 1. The third-order valence-electron chi connectivity index (χ3n) is 5.03. The molecule has 0 unspecified atom stereocenters. The average Bonchev–Trinajstić information content (AvgIpc) is 3.12. The Morgan fingerprint density at radius 3 is 2.77 bits per heavy atom. The van der Waals surface area contributed by atoms with E-state index in [4.69, 9.17) is 4.74 Å². The van der Waals surface area contributed by atoms with Crippen molar-refractivity contribution in [1.29, 1.82) is 0 Å². The fourth-order valence-corrected chi connectivity index (χ4v) is 4.34. The number of carbonyl (C=O) groups is 1. The Bertz CT molecular complexity index is 1060. The van der Waals surface area contributed by atoms with Gasteiger partial charge in [-0.15, -0.1) is 11.3 Å². The molecule has 4 rings (SSSR count). The Kier molecular flexibility index (Phi) is 7.50. The molecule has 0 saturated carbocycles. The van der Waals surface area contributed by atoms with Crippen LogP contribution in [-0.4, -0.2) is 52.1 Å². The number of pyridine rings is 1. The lowest BCUT2D eigenvalue weighted by Crippen LogP contribution is -2.53. The zero-order valence-electron chi connectivity index (χ0n) is 18.5. The second-order valence-corrected chi connectivity index (χ2v) is 8.42. The average molecular weight is 446 g/mol. The number of aromatic nitrogens is 3. The summed E-state index contributed by atoms with van der Waals surface area (Å²) in [6.07, 6.45) is 3.68. The molecule has 2 atom stereocenters. The van der Waals surface area contributed by atoms with E-state index in [-0.39, 0.29) is 18.0 Å². The number of thiophene rings is 1. The number of rotatable bonds is 6. The number of fused-ring (bicyclic) bond motifs is 1. The number of anilines is 1. The summed E-state index contributed by atoms with van der Waals surface area (Å²) in [6, 6.07) is 3.16. The molecule has 7 nitrogen and oxygen atoms in total. The molecule has 0 aliphatic carbocycles. The maximum Gasteiger partial charge on any atom is 0.274 e. The molecule has 0 spiro atoms. The molecule has 1 amide bonds. The molecule has 4 heterocycles. The molecule has 1 aliphatic heterocycles. The molecule has 1 saturated heterocycles. The van der Waals surface area contributed by atoms with E-state index in [0.29, 0.717) is 30.4 Å². The number of nitrogens with zero attached hydrogens (tertiary/aromatic N) is 4. The molecule has 166 valence electrons. The molecular formula is C22H28FN5O2S. The van der Waals surface area contributed by atoms with Crippen LogP contribution >= 0.6 is 11.3 Å². The molecule has 1 aliphatic rings. The number of hydrogen-bond donors (Lipinski definition) is 1. The van der Waals surface area contributed by atoms with Gasteiger partial charge in [0.15, 0.2) is 5.69 Å². The molecule has 1 N–H and O–H groups in total. The lowest BCUT2D eigenvalue weighted by Gasteiger charge is -2.40. The van der Waals surface area contributed by atoms with E-state index in [0.717, 1.165) is 27.7 Å². The van der Waals surface area contributed by atoms with Crippen molar-refractivity contribution >= 4 is 33.4 Å². The largest absolute Gasteiger partial charge is 0.383 e. The zero-order valence-corrected chi connectivity index (χ0v) is 19.3. The summed E-state index contributed by atoms with van der Waals surface area (Å²) in [5, 5.41) is 3.17. The quantitative estimate of drug-likeness (QED) is 0.598. The summed E-state index contributed by atoms with van der Waals surface area (Å²) < 4.78 is 19.5. The minimum absolute atomic E-state index is 0.0762. The van der Waals surface area contributed by atoms with Crippen molar-refractivity contribution in [3.8, 4) is 0 Å². The van der Waals surface area contributed by atoms with E-state index >= 15 is 0 Å². The maximum absolute atomic E-state index is 13.5. The van der Waals surface area contributed by atoms with E-state index in [9.17, 15) is 9.18 Å². The van der Waals surface area contributed by atoms with Crippen LogP contribution in [0.3, 0.4) is 0 Å². The zero-order chi connectivity index (χ0) is 22.5. The molecule has 31 heavy (non-hydrogen) atoms. The number of likely N-dealkylation sites (tertiary alicyclic amines) is 1. The summed E-state index contributed by atoms with van der Waals surface area (Å²) in [7, 11) is 1.64. The topological polar surface area (TPSA) is 80.2 Å². The molecule has 3 aromatic rings. The van der Waals surface area contributed by atoms with Crippen LogP contribution in [0.25, 0.3) is 10.2 Å². The van der Waals surface area contributed by atoms with Gasteiger partial charge in [-0.3, -0.25) is 9.78 Å². The molecule has 0 bridgehead atoms. The number of aryl methyl sites for hydroxylation is 1. The number of ether oxygens (including phenoxy) is 1. The minimum atomic E-state index is -0.404. The van der Waals surface area contributed by atoms with Crippen LogP contribution in [0.4, 0.5) is 10.3 Å². The third kappa shape index (κ3) is 4.99. The SMILES string of the molecule is CC.COC[C@@H]1CCN1C(=O)c1nc(N[C@@H](C)c2cncc(F)c2)nc2cc(C)sc12. The Balaban J connectivity index is 0.00000132. The minimum Gasteiger partial charge on any atom is -0.383 e. The van der Waals surface area contributed by atoms with Crippen LogP contribution < -0.4 is 5.32 Å². The summed E-state index contributed by atoms with van der Waals surface area (Å²) in [5.74, 6) is -0.186. The molecule has 3 aromatic heterocycles. The number of hydrogen-bond acceptors (Lipinski definition) is 7. The summed E-state index contributed by atoms with van der Waals surface area (Å²) in [4.78, 5) is 29.0. The Morgan fingerprint density at radius 2 is 2.13 bits per heavy atom. The Morgan fingerprint density at radius 1 is 1.35 bits per heavy atom. The second-order valence-electron chi connectivity index (χ2n) is 7.17. The van der Waals surface area contributed by atoms with Gasteiger partial charge < -0.3 is 15.0 Å². The van der Waals surface area contributed by atoms with Crippen LogP contribution in [0.5, 0.6) is 0 Å². The number of halogens is 1. The highest BCUT2D eigenvalue weighted by Gasteiger charge is 2.34. The lowest BCUT2D eigenvalue weighted by molar-refractivity contribution is 0.0199. The van der Waals surface area contributed by atoms with Crippen LogP contribution in [0.2, 0.25) is 0 Å². The van der Waals surface area contributed by atoms with Crippen molar-refractivity contribution in [3.63, 3.8) is 0 Å². The van der Waals surface area contributed by atoms with Crippen molar-refractivity contribution in [2.24, 2.45) is 0 Å². The third-order valence-corrected chi connectivity index (χ3v) is 6.08. The summed E-state index contributed by atoms with van der Waals surface area (Å²) in [6.45, 7) is 9.05. The van der Waals surface area contributed by atoms with E-state index in [1.54, 1.807) is 18.2 Å². The van der Waals surface area contributed by atoms with Crippen LogP contribution in [0.1, 0.15) is 54.2 Å². The van der Waals surface area contributed by atoms with E-state index < -0.39 is 5.82 Å². The van der Waals surface area contributed by atoms with Gasteiger partial charge in [-0.25, -0.2) is 14.4 Å². The molecule has 1 fully saturated rings. The van der Waals surface area contributed by atoms with E-state index in [1.807, 2.05) is 33.8 Å². The van der Waals surface area contributed by atoms with E-state index in [1.165, 1.54) is 17.4 Å².